The fraction of sp³-hybridized carbons (Fsp3) is 0.811. The van der Waals surface area contributed by atoms with Gasteiger partial charge in [-0.1, -0.05) is 65.5 Å². The summed E-state index contributed by atoms with van der Waals surface area (Å²) in [6.07, 6.45) is 13.4. The molecule has 4 rings (SSSR count). The van der Waals surface area contributed by atoms with Crippen LogP contribution in [0.4, 0.5) is 19.2 Å². The fourth-order valence-electron chi connectivity index (χ4n) is 12.3. The van der Waals surface area contributed by atoms with Gasteiger partial charge >= 0.3 is 24.4 Å². The Labute approximate surface area is 461 Å². The van der Waals surface area contributed by atoms with Crippen LogP contribution in [-0.4, -0.2) is 152 Å². The van der Waals surface area contributed by atoms with Crippen molar-refractivity contribution in [1.29, 1.82) is 0 Å². The predicted molar refractivity (Wildman–Crippen MR) is 298 cm³/mol. The molecule has 0 saturated heterocycles. The van der Waals surface area contributed by atoms with E-state index in [0.717, 1.165) is 55.3 Å². The van der Waals surface area contributed by atoms with Gasteiger partial charge in [-0.05, 0) is 111 Å². The molecule has 0 aromatic heterocycles. The van der Waals surface area contributed by atoms with Crippen molar-refractivity contribution in [3.63, 3.8) is 0 Å². The molecule has 4 aliphatic rings. The molecule has 25 heteroatoms. The van der Waals surface area contributed by atoms with E-state index in [1.54, 1.807) is 0 Å². The minimum Gasteiger partial charge on any atom is -0.447 e. The van der Waals surface area contributed by atoms with Crippen LogP contribution in [0, 0.1) is 46.3 Å². The first-order chi connectivity index (χ1) is 37.2. The summed E-state index contributed by atoms with van der Waals surface area (Å²) in [6, 6.07) is 0. The van der Waals surface area contributed by atoms with Crippen LogP contribution in [0.3, 0.4) is 0 Å². The lowest BCUT2D eigenvalue weighted by Gasteiger charge is -2.58. The largest absolute Gasteiger partial charge is 0.447 e. The minimum absolute atomic E-state index is 0.0168. The lowest BCUT2D eigenvalue weighted by Crippen LogP contribution is -2.60. The summed E-state index contributed by atoms with van der Waals surface area (Å²) in [6.45, 7) is 11.4. The molecule has 0 radical (unpaired) electrons. The topological polar surface area (TPSA) is 394 Å². The normalized spacial score (nSPS) is 23.6. The number of nitrogens with zero attached hydrogens (tertiary/aromatic N) is 3. The number of allylic oxidation sites excluding steroid dienone is 1. The van der Waals surface area contributed by atoms with Crippen LogP contribution in [0.2, 0.25) is 0 Å². The third kappa shape index (κ3) is 21.7. The molecule has 17 N–H and O–H groups in total. The molecule has 3 saturated carbocycles. The summed E-state index contributed by atoms with van der Waals surface area (Å²) in [7, 11) is 0. The number of alkyl carbamates (subject to hydrolysis) is 4. The van der Waals surface area contributed by atoms with Gasteiger partial charge < -0.3 is 89.4 Å². The van der Waals surface area contributed by atoms with E-state index in [0.29, 0.717) is 30.6 Å². The summed E-state index contributed by atoms with van der Waals surface area (Å²) >= 11 is 0. The molecule has 4 aliphatic carbocycles. The lowest BCUT2D eigenvalue weighted by atomic mass is 9.47. The maximum Gasteiger partial charge on any atom is 0.407 e. The highest BCUT2D eigenvalue weighted by Gasteiger charge is 2.59. The number of nitrogens with two attached hydrogens (primary N) is 6. The molecule has 0 aliphatic heterocycles. The van der Waals surface area contributed by atoms with E-state index >= 15 is 0 Å². The number of amides is 5. The Bertz CT molecular complexity index is 1930. The second-order valence-electron chi connectivity index (χ2n) is 22.5. The van der Waals surface area contributed by atoms with Crippen LogP contribution in [-0.2, 0) is 33.2 Å². The molecule has 8 unspecified atom stereocenters. The molecular formula is C53H96N14O11. The van der Waals surface area contributed by atoms with Crippen LogP contribution >= 0.6 is 0 Å². The number of carbonyl (C=O) groups is 5. The first-order valence-electron chi connectivity index (χ1n) is 28.1. The second kappa shape index (κ2) is 32.8. The zero-order valence-electron chi connectivity index (χ0n) is 47.2. The molecule has 5 amide bonds. The molecule has 78 heavy (non-hydrogen) atoms. The van der Waals surface area contributed by atoms with Crippen molar-refractivity contribution in [3.8, 4) is 0 Å². The molecule has 0 spiro atoms. The summed E-state index contributed by atoms with van der Waals surface area (Å²) < 4.78 is 33.5. The Balaban J connectivity index is 1.23. The number of rotatable bonds is 33. The van der Waals surface area contributed by atoms with Gasteiger partial charge in [0.25, 0.3) is 0 Å². The van der Waals surface area contributed by atoms with Gasteiger partial charge in [0.05, 0.1) is 19.8 Å². The van der Waals surface area contributed by atoms with Gasteiger partial charge in [-0.2, -0.15) is 0 Å². The monoisotopic (exact) mass is 1100 g/mol. The van der Waals surface area contributed by atoms with Crippen LogP contribution in [0.1, 0.15) is 125 Å². The van der Waals surface area contributed by atoms with Crippen molar-refractivity contribution in [2.24, 2.45) is 95.7 Å². The van der Waals surface area contributed by atoms with Gasteiger partial charge in [-0.15, -0.1) is 0 Å². The van der Waals surface area contributed by atoms with Crippen molar-refractivity contribution in [3.05, 3.63) is 11.6 Å². The molecule has 0 bridgehead atoms. The van der Waals surface area contributed by atoms with Crippen LogP contribution in [0.5, 0.6) is 0 Å². The zero-order chi connectivity index (χ0) is 57.1. The van der Waals surface area contributed by atoms with E-state index in [2.05, 4.69) is 82.3 Å². The quantitative estimate of drug-likeness (QED) is 0.0148. The van der Waals surface area contributed by atoms with Crippen molar-refractivity contribution < 1.29 is 52.4 Å². The maximum atomic E-state index is 13.4. The van der Waals surface area contributed by atoms with Gasteiger partial charge in [0.15, 0.2) is 17.9 Å². The number of ether oxygens (including phenoxy) is 6. The van der Waals surface area contributed by atoms with E-state index in [4.69, 9.17) is 62.8 Å². The fourth-order valence-corrected chi connectivity index (χ4v) is 12.3. The van der Waals surface area contributed by atoms with Crippen molar-refractivity contribution in [2.75, 3.05) is 92.1 Å². The standard InChI is InChI=1S/C53H96N14O11/c1-35(2)10-6-11-36(3)40-14-15-41-39-13-12-37-30-38(16-18-51(37,4)42(39)17-19-52(40,41)5)78-50(72)66-26-27-73-28-29-74-31-43(68)67-53(32-75-47(69)63-23-7-20-60-44(54)55,33-76-48(70)64-24-8-21-61-45(56)57)34-77-49(71)65-25-9-22-62-46(58)59/h12,35-36,38-42H,6-11,13-34H2,1-5H3,(H,63,69)(H,64,70)(H,65,71)(H,66,72)(H,67,68)(H4,54,55,60)(H4,56,57,61)(H4,58,59,62). The highest BCUT2D eigenvalue weighted by atomic mass is 16.6. The van der Waals surface area contributed by atoms with E-state index in [-0.39, 0.29) is 95.0 Å². The number of hydrogen-bond acceptors (Lipinski definition) is 14. The zero-order valence-corrected chi connectivity index (χ0v) is 47.2. The average molecular weight is 1110 g/mol. The van der Waals surface area contributed by atoms with Gasteiger partial charge in [0.2, 0.25) is 5.91 Å². The molecule has 25 nitrogen and oxygen atoms in total. The summed E-state index contributed by atoms with van der Waals surface area (Å²) in [5.41, 5.74) is 32.4. The van der Waals surface area contributed by atoms with Gasteiger partial charge in [-0.25, -0.2) is 19.2 Å². The summed E-state index contributed by atoms with van der Waals surface area (Å²) in [5.74, 6) is 3.54. The third-order valence-electron chi connectivity index (χ3n) is 16.2. The Morgan fingerprint density at radius 2 is 1.18 bits per heavy atom. The van der Waals surface area contributed by atoms with E-state index in [1.807, 2.05) is 0 Å². The Morgan fingerprint density at radius 1 is 0.641 bits per heavy atom. The summed E-state index contributed by atoms with van der Waals surface area (Å²) in [4.78, 5) is 76.3. The smallest absolute Gasteiger partial charge is 0.407 e. The Kier molecular flexibility index (Phi) is 27.1. The van der Waals surface area contributed by atoms with Crippen LogP contribution in [0.15, 0.2) is 26.6 Å². The molecule has 0 heterocycles. The van der Waals surface area contributed by atoms with Gasteiger partial charge in [0, 0.05) is 52.2 Å². The highest BCUT2D eigenvalue weighted by Crippen LogP contribution is 2.67. The Morgan fingerprint density at radius 3 is 1.72 bits per heavy atom. The molecule has 444 valence electrons. The minimum atomic E-state index is -1.82. The number of fused-ring (bicyclic) bond motifs is 5. The Hall–Kier alpha value is -5.98. The van der Waals surface area contributed by atoms with Crippen LogP contribution in [0.25, 0.3) is 0 Å². The highest BCUT2D eigenvalue weighted by molar-refractivity contribution is 5.79. The van der Waals surface area contributed by atoms with Crippen LogP contribution < -0.4 is 61.0 Å². The van der Waals surface area contributed by atoms with Gasteiger partial charge in [0.1, 0.15) is 38.1 Å². The summed E-state index contributed by atoms with van der Waals surface area (Å²) in [5, 5.41) is 13.1. The van der Waals surface area contributed by atoms with E-state index < -0.39 is 62.2 Å². The lowest BCUT2D eigenvalue weighted by molar-refractivity contribution is -0.130. The SMILES string of the molecule is CC(C)CCCC(C)C1CCC2C3CC=C4CC(OC(=O)NCCOCCOCC(=O)NC(COC(=O)NCCCN=C(N)N)(COC(=O)NCCCN=C(N)N)COC(=O)NCCCN=C(N)N)CCC4(C)C3CCC12C. The number of carbonyl (C=O) groups excluding carboxylic acids is 5. The number of hydrogen-bond donors (Lipinski definition) is 11. The second-order valence-corrected chi connectivity index (χ2v) is 22.5. The van der Waals surface area contributed by atoms with Gasteiger partial charge in [-0.3, -0.25) is 19.8 Å². The molecule has 0 aromatic rings. The molecular weight excluding hydrogens is 1010 g/mol. The van der Waals surface area contributed by atoms with E-state index in [1.165, 1.54) is 50.5 Å². The van der Waals surface area contributed by atoms with Crippen molar-refractivity contribution >= 4 is 48.2 Å². The first kappa shape index (κ1) is 64.5. The van der Waals surface area contributed by atoms with Crippen molar-refractivity contribution in [1.82, 2.24) is 26.6 Å². The van der Waals surface area contributed by atoms with E-state index in [9.17, 15) is 24.0 Å². The number of guanidine groups is 3. The van der Waals surface area contributed by atoms with Crippen molar-refractivity contribution in [2.45, 2.75) is 136 Å². The molecule has 8 atom stereocenters. The average Bonchev–Trinajstić information content (AvgIpc) is 3.97. The maximum absolute atomic E-state index is 13.4. The first-order valence-corrected chi connectivity index (χ1v) is 28.1. The number of aliphatic imine (C=N–C) groups is 3. The number of nitrogens with one attached hydrogen (secondary N) is 5. The predicted octanol–water partition coefficient (Wildman–Crippen LogP) is 3.18. The third-order valence-corrected chi connectivity index (χ3v) is 16.2. The molecule has 0 aromatic carbocycles. The molecule has 3 fully saturated rings.